The molecule has 0 aliphatic carbocycles. The van der Waals surface area contributed by atoms with E-state index in [-0.39, 0.29) is 12.5 Å². The van der Waals surface area contributed by atoms with E-state index < -0.39 is 0 Å². The Balaban J connectivity index is 1.90. The van der Waals surface area contributed by atoms with Crippen molar-refractivity contribution in [2.24, 2.45) is 0 Å². The van der Waals surface area contributed by atoms with Crippen LogP contribution in [0.15, 0.2) is 24.3 Å². The van der Waals surface area contributed by atoms with Crippen LogP contribution in [-0.4, -0.2) is 67.3 Å². The molecule has 0 atom stereocenters. The topological polar surface area (TPSA) is 53.0 Å². The minimum atomic E-state index is 0.161. The van der Waals surface area contributed by atoms with Crippen molar-refractivity contribution in [1.29, 1.82) is 0 Å². The molecule has 1 aliphatic rings. The average molecular weight is 292 g/mol. The molecule has 116 valence electrons. The number of carbonyl (C=O) groups excluding carboxylic acids is 1. The van der Waals surface area contributed by atoms with E-state index in [9.17, 15) is 4.79 Å². The molecule has 1 N–H and O–H groups in total. The van der Waals surface area contributed by atoms with Gasteiger partial charge in [0.1, 0.15) is 5.75 Å². The summed E-state index contributed by atoms with van der Waals surface area (Å²) in [7, 11) is 1.63. The van der Waals surface area contributed by atoms with Gasteiger partial charge in [-0.15, -0.1) is 0 Å². The molecule has 1 aromatic rings. The molecule has 1 fully saturated rings. The molecule has 5 nitrogen and oxygen atoms in total. The Bertz CT molecular complexity index is 465. The Morgan fingerprint density at radius 2 is 2.14 bits per heavy atom. The maximum atomic E-state index is 12.4. The van der Waals surface area contributed by atoms with Crippen molar-refractivity contribution in [2.45, 2.75) is 12.8 Å². The summed E-state index contributed by atoms with van der Waals surface area (Å²) in [6.07, 6.45) is 1.38. The minimum Gasteiger partial charge on any atom is -0.497 e. The van der Waals surface area contributed by atoms with Crippen LogP contribution in [0.5, 0.6) is 5.75 Å². The van der Waals surface area contributed by atoms with Crippen LogP contribution in [0.2, 0.25) is 0 Å². The van der Waals surface area contributed by atoms with Crippen LogP contribution in [0.4, 0.5) is 0 Å². The number of methoxy groups -OCH3 is 1. The summed E-state index contributed by atoms with van der Waals surface area (Å²) in [6.45, 7) is 4.19. The van der Waals surface area contributed by atoms with E-state index in [1.165, 1.54) is 0 Å². The van der Waals surface area contributed by atoms with Crippen LogP contribution in [0.25, 0.3) is 0 Å². The van der Waals surface area contributed by atoms with E-state index in [2.05, 4.69) is 4.90 Å². The van der Waals surface area contributed by atoms with Crippen molar-refractivity contribution in [1.82, 2.24) is 9.80 Å². The predicted molar refractivity (Wildman–Crippen MR) is 81.4 cm³/mol. The van der Waals surface area contributed by atoms with Gasteiger partial charge in [0, 0.05) is 26.2 Å². The Labute approximate surface area is 126 Å². The molecule has 1 heterocycles. The van der Waals surface area contributed by atoms with Crippen LogP contribution >= 0.6 is 0 Å². The van der Waals surface area contributed by atoms with Gasteiger partial charge in [0.25, 0.3) is 0 Å². The summed E-state index contributed by atoms with van der Waals surface area (Å²) in [5, 5.41) is 9.00. The fourth-order valence-corrected chi connectivity index (χ4v) is 2.65. The Hall–Kier alpha value is -1.59. The summed E-state index contributed by atoms with van der Waals surface area (Å²) in [5.74, 6) is 0.944. The first kappa shape index (κ1) is 15.8. The lowest BCUT2D eigenvalue weighted by molar-refractivity contribution is -0.130. The standard InChI is InChI=1S/C16H24N2O3/c1-21-15-5-2-4-14(12-15)13-16(20)18-7-3-6-17(8-9-18)10-11-19/h2,4-5,12,19H,3,6-11,13H2,1H3. The Morgan fingerprint density at radius 3 is 2.90 bits per heavy atom. The number of hydrogen-bond donors (Lipinski definition) is 1. The second kappa shape index (κ2) is 8.00. The molecule has 0 saturated carbocycles. The Morgan fingerprint density at radius 1 is 1.29 bits per heavy atom. The monoisotopic (exact) mass is 292 g/mol. The fraction of sp³-hybridized carbons (Fsp3) is 0.562. The summed E-state index contributed by atoms with van der Waals surface area (Å²) in [5.41, 5.74) is 0.982. The maximum Gasteiger partial charge on any atom is 0.227 e. The molecule has 0 bridgehead atoms. The number of β-amino-alcohol motifs (C(OH)–C–C–N with tert-alkyl or cyclic N) is 1. The zero-order chi connectivity index (χ0) is 15.1. The highest BCUT2D eigenvalue weighted by atomic mass is 16.5. The third kappa shape index (κ3) is 4.72. The van der Waals surface area contributed by atoms with Gasteiger partial charge in [-0.2, -0.15) is 0 Å². The highest BCUT2D eigenvalue weighted by Crippen LogP contribution is 2.14. The first-order chi connectivity index (χ1) is 10.2. The molecule has 1 aromatic carbocycles. The first-order valence-electron chi connectivity index (χ1n) is 7.47. The van der Waals surface area contributed by atoms with Gasteiger partial charge in [-0.25, -0.2) is 0 Å². The average Bonchev–Trinajstić information content (AvgIpc) is 2.73. The van der Waals surface area contributed by atoms with Gasteiger partial charge in [0.05, 0.1) is 20.1 Å². The molecule has 0 radical (unpaired) electrons. The SMILES string of the molecule is COc1cccc(CC(=O)N2CCCN(CCO)CC2)c1. The third-order valence-corrected chi connectivity index (χ3v) is 3.85. The number of rotatable bonds is 5. The van der Waals surface area contributed by atoms with E-state index in [0.29, 0.717) is 13.0 Å². The minimum absolute atomic E-state index is 0.161. The van der Waals surface area contributed by atoms with Crippen molar-refractivity contribution in [3.8, 4) is 5.75 Å². The molecule has 1 amide bonds. The summed E-state index contributed by atoms with van der Waals surface area (Å²) >= 11 is 0. The van der Waals surface area contributed by atoms with Crippen molar-refractivity contribution in [3.05, 3.63) is 29.8 Å². The highest BCUT2D eigenvalue weighted by molar-refractivity contribution is 5.79. The molecule has 1 saturated heterocycles. The van der Waals surface area contributed by atoms with Gasteiger partial charge in [0.2, 0.25) is 5.91 Å². The van der Waals surface area contributed by atoms with Gasteiger partial charge in [-0.1, -0.05) is 12.1 Å². The summed E-state index contributed by atoms with van der Waals surface area (Å²) < 4.78 is 5.19. The van der Waals surface area contributed by atoms with Crippen molar-refractivity contribution >= 4 is 5.91 Å². The second-order valence-corrected chi connectivity index (χ2v) is 5.33. The summed E-state index contributed by atoms with van der Waals surface area (Å²) in [4.78, 5) is 16.5. The number of nitrogens with zero attached hydrogens (tertiary/aromatic N) is 2. The van der Waals surface area contributed by atoms with E-state index >= 15 is 0 Å². The molecule has 0 spiro atoms. The normalized spacial score (nSPS) is 16.6. The van der Waals surface area contributed by atoms with Crippen LogP contribution in [-0.2, 0) is 11.2 Å². The lowest BCUT2D eigenvalue weighted by Crippen LogP contribution is -2.36. The van der Waals surface area contributed by atoms with Crippen molar-refractivity contribution in [3.63, 3.8) is 0 Å². The van der Waals surface area contributed by atoms with E-state index in [4.69, 9.17) is 9.84 Å². The molecule has 0 unspecified atom stereocenters. The molecule has 2 rings (SSSR count). The number of ether oxygens (including phenoxy) is 1. The zero-order valence-corrected chi connectivity index (χ0v) is 12.6. The van der Waals surface area contributed by atoms with Crippen molar-refractivity contribution < 1.29 is 14.6 Å². The Kier molecular flexibility index (Phi) is 6.02. The maximum absolute atomic E-state index is 12.4. The van der Waals surface area contributed by atoms with Crippen LogP contribution in [0.3, 0.4) is 0 Å². The quantitative estimate of drug-likeness (QED) is 0.871. The first-order valence-corrected chi connectivity index (χ1v) is 7.47. The van der Waals surface area contributed by atoms with Crippen LogP contribution in [0.1, 0.15) is 12.0 Å². The van der Waals surface area contributed by atoms with Gasteiger partial charge < -0.3 is 14.7 Å². The molecule has 0 aromatic heterocycles. The van der Waals surface area contributed by atoms with Crippen LogP contribution in [0, 0.1) is 0 Å². The largest absolute Gasteiger partial charge is 0.497 e. The number of aliphatic hydroxyl groups is 1. The lowest BCUT2D eigenvalue weighted by Gasteiger charge is -2.21. The smallest absolute Gasteiger partial charge is 0.227 e. The second-order valence-electron chi connectivity index (χ2n) is 5.33. The van der Waals surface area contributed by atoms with Crippen LogP contribution < -0.4 is 4.74 Å². The number of amides is 1. The van der Waals surface area contributed by atoms with Gasteiger partial charge in [-0.05, 0) is 30.7 Å². The number of benzene rings is 1. The zero-order valence-electron chi connectivity index (χ0n) is 12.6. The summed E-state index contributed by atoms with van der Waals surface area (Å²) in [6, 6.07) is 7.66. The number of hydrogen-bond acceptors (Lipinski definition) is 4. The molecule has 21 heavy (non-hydrogen) atoms. The number of aliphatic hydroxyl groups excluding tert-OH is 1. The predicted octanol–water partition coefficient (Wildman–Crippen LogP) is 0.764. The van der Waals surface area contributed by atoms with E-state index in [0.717, 1.165) is 43.9 Å². The number of carbonyl (C=O) groups is 1. The molecule has 1 aliphatic heterocycles. The molecular weight excluding hydrogens is 268 g/mol. The highest BCUT2D eigenvalue weighted by Gasteiger charge is 2.19. The fourth-order valence-electron chi connectivity index (χ4n) is 2.65. The van der Waals surface area contributed by atoms with Gasteiger partial charge in [-0.3, -0.25) is 9.69 Å². The lowest BCUT2D eigenvalue weighted by atomic mass is 10.1. The van der Waals surface area contributed by atoms with Crippen molar-refractivity contribution in [2.75, 3.05) is 46.4 Å². The van der Waals surface area contributed by atoms with Gasteiger partial charge >= 0.3 is 0 Å². The molecule has 5 heteroatoms. The van der Waals surface area contributed by atoms with Gasteiger partial charge in [0.15, 0.2) is 0 Å². The van der Waals surface area contributed by atoms with E-state index in [1.807, 2.05) is 29.2 Å². The van der Waals surface area contributed by atoms with E-state index in [1.54, 1.807) is 7.11 Å². The third-order valence-electron chi connectivity index (χ3n) is 3.85. The molecular formula is C16H24N2O3.